The van der Waals surface area contributed by atoms with Crippen LogP contribution in [0.4, 0.5) is 11.4 Å². The van der Waals surface area contributed by atoms with E-state index in [0.29, 0.717) is 35.5 Å². The molecule has 6 heteroatoms. The summed E-state index contributed by atoms with van der Waals surface area (Å²) < 4.78 is 16.1. The molecule has 0 bridgehead atoms. The number of benzene rings is 2. The largest absolute Gasteiger partial charge is 0.493 e. The Morgan fingerprint density at radius 3 is 2.14 bits per heavy atom. The molecule has 29 heavy (non-hydrogen) atoms. The number of amides is 1. The summed E-state index contributed by atoms with van der Waals surface area (Å²) >= 11 is 0. The number of carbonyl (C=O) groups excluding carboxylic acids is 1. The Morgan fingerprint density at radius 1 is 0.966 bits per heavy atom. The second-order valence-electron chi connectivity index (χ2n) is 7.22. The zero-order valence-corrected chi connectivity index (χ0v) is 17.4. The van der Waals surface area contributed by atoms with Gasteiger partial charge in [-0.25, -0.2) is 0 Å². The molecule has 0 aromatic heterocycles. The minimum Gasteiger partial charge on any atom is -0.493 e. The van der Waals surface area contributed by atoms with Crippen molar-refractivity contribution in [3.05, 3.63) is 42.5 Å². The Hall–Kier alpha value is -2.89. The van der Waals surface area contributed by atoms with Crippen molar-refractivity contribution in [2.75, 3.05) is 38.1 Å². The fraction of sp³-hybridized carbons (Fsp3) is 0.435. The number of anilines is 2. The van der Waals surface area contributed by atoms with Gasteiger partial charge in [0.05, 0.1) is 27.9 Å². The molecule has 0 aliphatic heterocycles. The lowest BCUT2D eigenvalue weighted by Gasteiger charge is -2.35. The molecule has 3 rings (SSSR count). The molecule has 6 nitrogen and oxygen atoms in total. The second-order valence-corrected chi connectivity index (χ2v) is 7.22. The minimum absolute atomic E-state index is 0.0753. The van der Waals surface area contributed by atoms with Crippen LogP contribution in [0.3, 0.4) is 0 Å². The van der Waals surface area contributed by atoms with Gasteiger partial charge in [0.15, 0.2) is 11.5 Å². The Kier molecular flexibility index (Phi) is 7.22. The van der Waals surface area contributed by atoms with Crippen LogP contribution in [0, 0.1) is 0 Å². The Bertz CT molecular complexity index is 779. The molecule has 2 aromatic carbocycles. The van der Waals surface area contributed by atoms with E-state index < -0.39 is 0 Å². The lowest BCUT2D eigenvalue weighted by molar-refractivity contribution is -0.115. The molecule has 1 saturated carbocycles. The highest BCUT2D eigenvalue weighted by Gasteiger charge is 2.24. The summed E-state index contributed by atoms with van der Waals surface area (Å²) in [7, 11) is 4.67. The predicted molar refractivity (Wildman–Crippen MR) is 115 cm³/mol. The van der Waals surface area contributed by atoms with Crippen molar-refractivity contribution >= 4 is 17.3 Å². The van der Waals surface area contributed by atoms with E-state index in [1.54, 1.807) is 33.5 Å². The number of nitrogens with one attached hydrogen (secondary N) is 1. The highest BCUT2D eigenvalue weighted by atomic mass is 16.5. The molecule has 1 N–H and O–H groups in total. The highest BCUT2D eigenvalue weighted by molar-refractivity contribution is 5.94. The van der Waals surface area contributed by atoms with E-state index in [-0.39, 0.29) is 5.91 Å². The second kappa shape index (κ2) is 10.0. The van der Waals surface area contributed by atoms with Crippen LogP contribution >= 0.6 is 0 Å². The number of ether oxygens (including phenoxy) is 3. The summed E-state index contributed by atoms with van der Waals surface area (Å²) in [5.41, 5.74) is 1.69. The van der Waals surface area contributed by atoms with Crippen molar-refractivity contribution in [3.63, 3.8) is 0 Å². The van der Waals surface area contributed by atoms with Crippen LogP contribution in [-0.4, -0.2) is 39.8 Å². The van der Waals surface area contributed by atoms with Crippen LogP contribution in [-0.2, 0) is 4.79 Å². The zero-order valence-electron chi connectivity index (χ0n) is 17.4. The molecule has 0 heterocycles. The van der Waals surface area contributed by atoms with Gasteiger partial charge in [0.2, 0.25) is 11.7 Å². The van der Waals surface area contributed by atoms with Gasteiger partial charge in [0.25, 0.3) is 0 Å². The van der Waals surface area contributed by atoms with Gasteiger partial charge >= 0.3 is 0 Å². The number of carbonyl (C=O) groups is 1. The topological polar surface area (TPSA) is 60.0 Å². The maximum atomic E-state index is 12.9. The molecule has 0 atom stereocenters. The molecule has 0 saturated heterocycles. The van der Waals surface area contributed by atoms with Crippen LogP contribution in [0.2, 0.25) is 0 Å². The van der Waals surface area contributed by atoms with E-state index in [9.17, 15) is 4.79 Å². The third-order valence-corrected chi connectivity index (χ3v) is 5.37. The molecular weight excluding hydrogens is 368 g/mol. The minimum atomic E-state index is -0.0753. The number of para-hydroxylation sites is 1. The predicted octanol–water partition coefficient (Wildman–Crippen LogP) is 4.49. The van der Waals surface area contributed by atoms with Crippen molar-refractivity contribution in [2.45, 2.75) is 38.1 Å². The number of nitrogens with zero attached hydrogens (tertiary/aromatic N) is 1. The van der Waals surface area contributed by atoms with Crippen LogP contribution in [0.5, 0.6) is 17.2 Å². The summed E-state index contributed by atoms with van der Waals surface area (Å²) in [5, 5.41) is 2.99. The van der Waals surface area contributed by atoms with Crippen LogP contribution < -0.4 is 24.4 Å². The van der Waals surface area contributed by atoms with Crippen molar-refractivity contribution < 1.29 is 19.0 Å². The molecule has 1 aliphatic rings. The summed E-state index contributed by atoms with van der Waals surface area (Å²) in [6, 6.07) is 14.0. The van der Waals surface area contributed by atoms with Gasteiger partial charge in [0, 0.05) is 29.5 Å². The fourth-order valence-electron chi connectivity index (χ4n) is 3.95. The lowest BCUT2D eigenvalue weighted by atomic mass is 9.93. The molecule has 1 fully saturated rings. The number of rotatable bonds is 8. The Balaban J connectivity index is 1.78. The third kappa shape index (κ3) is 5.13. The van der Waals surface area contributed by atoms with Crippen molar-refractivity contribution in [1.29, 1.82) is 0 Å². The molecule has 0 radical (unpaired) electrons. The van der Waals surface area contributed by atoms with Gasteiger partial charge in [-0.15, -0.1) is 0 Å². The van der Waals surface area contributed by atoms with Crippen molar-refractivity contribution in [1.82, 2.24) is 0 Å². The number of methoxy groups -OCH3 is 3. The van der Waals surface area contributed by atoms with E-state index in [2.05, 4.69) is 22.3 Å². The monoisotopic (exact) mass is 398 g/mol. The maximum absolute atomic E-state index is 12.9. The smallest absolute Gasteiger partial charge is 0.243 e. The lowest BCUT2D eigenvalue weighted by Crippen LogP contribution is -2.42. The third-order valence-electron chi connectivity index (χ3n) is 5.37. The Labute approximate surface area is 172 Å². The average molecular weight is 399 g/mol. The van der Waals surface area contributed by atoms with E-state index in [1.807, 2.05) is 18.2 Å². The van der Waals surface area contributed by atoms with Gasteiger partial charge in [-0.1, -0.05) is 37.5 Å². The summed E-state index contributed by atoms with van der Waals surface area (Å²) in [6.07, 6.45) is 5.93. The molecule has 0 spiro atoms. The number of hydrogen-bond donors (Lipinski definition) is 1. The standard InChI is InChI=1S/C23H30N2O4/c1-27-20-14-17(15-21(28-2)23(20)29-3)24-22(26)16-25(18-10-6-4-7-11-18)19-12-8-5-9-13-19/h4,6-7,10-11,14-15,19H,5,8-9,12-13,16H2,1-3H3,(H,24,26). The fourth-order valence-corrected chi connectivity index (χ4v) is 3.95. The SMILES string of the molecule is COc1cc(NC(=O)CN(c2ccccc2)C2CCCCC2)cc(OC)c1OC. The molecule has 0 unspecified atom stereocenters. The van der Waals surface area contributed by atoms with Gasteiger partial charge in [-0.2, -0.15) is 0 Å². The highest BCUT2D eigenvalue weighted by Crippen LogP contribution is 2.40. The molecule has 1 amide bonds. The van der Waals surface area contributed by atoms with Gasteiger partial charge in [-0.05, 0) is 25.0 Å². The van der Waals surface area contributed by atoms with Gasteiger partial charge in [-0.3, -0.25) is 4.79 Å². The molecule has 1 aliphatic carbocycles. The van der Waals surface area contributed by atoms with Crippen molar-refractivity contribution in [2.24, 2.45) is 0 Å². The van der Waals surface area contributed by atoms with E-state index in [1.165, 1.54) is 19.3 Å². The zero-order chi connectivity index (χ0) is 20.6. The quantitative estimate of drug-likeness (QED) is 0.710. The average Bonchev–Trinajstić information content (AvgIpc) is 2.77. The molecule has 156 valence electrons. The first-order valence-electron chi connectivity index (χ1n) is 10.1. The molecular formula is C23H30N2O4. The summed E-state index contributed by atoms with van der Waals surface area (Å²) in [6.45, 7) is 0.297. The summed E-state index contributed by atoms with van der Waals surface area (Å²) in [5.74, 6) is 1.44. The van der Waals surface area contributed by atoms with Gasteiger partial charge < -0.3 is 24.4 Å². The normalized spacial score (nSPS) is 14.2. The first kappa shape index (κ1) is 20.8. The first-order valence-corrected chi connectivity index (χ1v) is 10.1. The van der Waals surface area contributed by atoms with Crippen molar-refractivity contribution in [3.8, 4) is 17.2 Å². The van der Waals surface area contributed by atoms with E-state index in [4.69, 9.17) is 14.2 Å². The maximum Gasteiger partial charge on any atom is 0.243 e. The van der Waals surface area contributed by atoms with Gasteiger partial charge in [0.1, 0.15) is 0 Å². The van der Waals surface area contributed by atoms with E-state index in [0.717, 1.165) is 18.5 Å². The number of hydrogen-bond acceptors (Lipinski definition) is 5. The van der Waals surface area contributed by atoms with Crippen LogP contribution in [0.25, 0.3) is 0 Å². The molecule has 2 aromatic rings. The Morgan fingerprint density at radius 2 is 1.59 bits per heavy atom. The van der Waals surface area contributed by atoms with Crippen LogP contribution in [0.1, 0.15) is 32.1 Å². The first-order chi connectivity index (χ1) is 14.2. The van der Waals surface area contributed by atoms with E-state index >= 15 is 0 Å². The van der Waals surface area contributed by atoms with Crippen LogP contribution in [0.15, 0.2) is 42.5 Å². The summed E-state index contributed by atoms with van der Waals surface area (Å²) in [4.78, 5) is 15.2.